The Balaban J connectivity index is 2.14. The molecule has 1 amide bonds. The number of fused-ring (bicyclic) bond motifs is 1. The summed E-state index contributed by atoms with van der Waals surface area (Å²) in [4.78, 5) is 27.1. The number of benzene rings is 2. The third-order valence-electron chi connectivity index (χ3n) is 5.39. The number of carbonyl (C=O) groups is 2. The molecule has 0 saturated heterocycles. The topological polar surface area (TPSA) is 127 Å². The quantitative estimate of drug-likeness (QED) is 0.502. The molecule has 0 saturated carbocycles. The van der Waals surface area contributed by atoms with Crippen molar-refractivity contribution >= 4 is 37.4 Å². The average molecular weight is 511 g/mol. The minimum Gasteiger partial charge on any atom is -0.493 e. The summed E-state index contributed by atoms with van der Waals surface area (Å²) in [6.07, 6.45) is 1.51. The van der Waals surface area contributed by atoms with Crippen LogP contribution in [0.2, 0.25) is 0 Å². The van der Waals surface area contributed by atoms with Crippen molar-refractivity contribution in [1.82, 2.24) is 4.90 Å². The highest BCUT2D eigenvalue weighted by molar-refractivity contribution is 8.09. The van der Waals surface area contributed by atoms with Gasteiger partial charge in [-0.25, -0.2) is 16.8 Å². The first-order valence-corrected chi connectivity index (χ1v) is 13.8. The van der Waals surface area contributed by atoms with E-state index >= 15 is 0 Å². The smallest absolute Gasteiger partial charge is 0.257 e. The van der Waals surface area contributed by atoms with Gasteiger partial charge in [0.15, 0.2) is 11.5 Å². The van der Waals surface area contributed by atoms with Crippen molar-refractivity contribution in [2.24, 2.45) is 0 Å². The van der Waals surface area contributed by atoms with Gasteiger partial charge >= 0.3 is 0 Å². The summed E-state index contributed by atoms with van der Waals surface area (Å²) in [7, 11) is -5.56. The molecular weight excluding hydrogens is 484 g/mol. The normalized spacial score (nSPS) is 14.5. The van der Waals surface area contributed by atoms with Gasteiger partial charge in [0.1, 0.15) is 5.78 Å². The van der Waals surface area contributed by atoms with E-state index in [0.717, 1.165) is 12.5 Å². The standard InChI is InChI=1S/C22H26N2O8S2/c1-14(25)11-18(15-9-10-19(31-2)20(12-15)32-3)23-13-16-7-6-8-17(21(16)22(23)26)24(33(4,27)28)34(5,29)30/h6-10,12,18H,11,13H2,1-5H3. The van der Waals surface area contributed by atoms with Crippen molar-refractivity contribution in [3.63, 3.8) is 0 Å². The maximum atomic E-state index is 13.6. The van der Waals surface area contributed by atoms with Gasteiger partial charge in [0.05, 0.1) is 44.0 Å². The molecule has 1 atom stereocenters. The number of ketones is 1. The number of methoxy groups -OCH3 is 2. The van der Waals surface area contributed by atoms with E-state index in [0.29, 0.717) is 22.6 Å². The molecule has 0 aromatic heterocycles. The zero-order valence-electron chi connectivity index (χ0n) is 19.4. The Morgan fingerprint density at radius 1 is 1.03 bits per heavy atom. The minimum absolute atomic E-state index is 0.00753. The molecule has 1 heterocycles. The van der Waals surface area contributed by atoms with Crippen molar-refractivity contribution in [2.45, 2.75) is 25.9 Å². The third-order valence-corrected chi connectivity index (χ3v) is 8.62. The third kappa shape index (κ3) is 4.87. The summed E-state index contributed by atoms with van der Waals surface area (Å²) < 4.78 is 60.3. The van der Waals surface area contributed by atoms with Gasteiger partial charge < -0.3 is 14.4 Å². The molecule has 3 rings (SSSR count). The molecule has 0 spiro atoms. The number of Topliss-reactive ketones (excluding diaryl/α,β-unsaturated/α-hetero) is 1. The summed E-state index contributed by atoms with van der Waals surface area (Å²) in [6, 6.07) is 8.74. The first kappa shape index (κ1) is 25.5. The number of anilines is 1. The number of amides is 1. The summed E-state index contributed by atoms with van der Waals surface area (Å²) in [5, 5.41) is 0. The number of rotatable bonds is 9. The number of hydrogen-bond donors (Lipinski definition) is 0. The lowest BCUT2D eigenvalue weighted by atomic mass is 9.99. The van der Waals surface area contributed by atoms with Gasteiger partial charge in [0.2, 0.25) is 20.0 Å². The molecule has 0 N–H and O–H groups in total. The maximum absolute atomic E-state index is 13.6. The number of hydrogen-bond acceptors (Lipinski definition) is 8. The molecule has 1 aliphatic heterocycles. The van der Waals surface area contributed by atoms with Crippen molar-refractivity contribution in [1.29, 1.82) is 0 Å². The largest absolute Gasteiger partial charge is 0.493 e. The second-order valence-electron chi connectivity index (χ2n) is 8.00. The second-order valence-corrected chi connectivity index (χ2v) is 11.9. The summed E-state index contributed by atoms with van der Waals surface area (Å²) >= 11 is 0. The second kappa shape index (κ2) is 9.26. The lowest BCUT2D eigenvalue weighted by molar-refractivity contribution is -0.118. The van der Waals surface area contributed by atoms with Crippen LogP contribution in [0.1, 0.15) is 40.9 Å². The molecule has 1 aliphatic rings. The summed E-state index contributed by atoms with van der Waals surface area (Å²) in [5.74, 6) is 0.142. The number of carbonyl (C=O) groups excluding carboxylic acids is 2. The van der Waals surface area contributed by atoms with Gasteiger partial charge in [-0.1, -0.05) is 18.2 Å². The number of sulfonamides is 2. The number of nitrogens with zero attached hydrogens (tertiary/aromatic N) is 2. The van der Waals surface area contributed by atoms with Gasteiger partial charge in [-0.15, -0.1) is 0 Å². The van der Waals surface area contributed by atoms with E-state index in [-0.39, 0.29) is 33.7 Å². The molecule has 0 bridgehead atoms. The molecule has 184 valence electrons. The first-order chi connectivity index (χ1) is 15.8. The monoisotopic (exact) mass is 510 g/mol. The molecule has 34 heavy (non-hydrogen) atoms. The lowest BCUT2D eigenvalue weighted by Gasteiger charge is -2.28. The van der Waals surface area contributed by atoms with Crippen LogP contribution in [-0.4, -0.2) is 60.2 Å². The molecule has 0 radical (unpaired) electrons. The predicted molar refractivity (Wildman–Crippen MR) is 126 cm³/mol. The maximum Gasteiger partial charge on any atom is 0.257 e. The Labute approximate surface area is 199 Å². The molecule has 0 fully saturated rings. The summed E-state index contributed by atoms with van der Waals surface area (Å²) in [6.45, 7) is 1.47. The van der Waals surface area contributed by atoms with Gasteiger partial charge in [-0.2, -0.15) is 3.71 Å². The van der Waals surface area contributed by atoms with Crippen LogP contribution in [0, 0.1) is 0 Å². The van der Waals surface area contributed by atoms with Crippen molar-refractivity contribution in [3.05, 3.63) is 53.1 Å². The Kier molecular flexibility index (Phi) is 6.94. The van der Waals surface area contributed by atoms with Gasteiger partial charge in [-0.3, -0.25) is 9.59 Å². The first-order valence-electron chi connectivity index (χ1n) is 10.1. The van der Waals surface area contributed by atoms with Crippen LogP contribution in [0.15, 0.2) is 36.4 Å². The zero-order valence-corrected chi connectivity index (χ0v) is 21.1. The van der Waals surface area contributed by atoms with Crippen molar-refractivity contribution in [3.8, 4) is 11.5 Å². The highest BCUT2D eigenvalue weighted by Crippen LogP contribution is 2.40. The van der Waals surface area contributed by atoms with Crippen LogP contribution in [0.25, 0.3) is 0 Å². The van der Waals surface area contributed by atoms with Crippen LogP contribution >= 0.6 is 0 Å². The molecular formula is C22H26N2O8S2. The molecule has 1 unspecified atom stereocenters. The van der Waals surface area contributed by atoms with Crippen LogP contribution < -0.4 is 13.2 Å². The highest BCUT2D eigenvalue weighted by Gasteiger charge is 2.40. The fourth-order valence-corrected chi connectivity index (χ4v) is 7.10. The fourth-order valence-electron chi connectivity index (χ4n) is 4.11. The Morgan fingerprint density at radius 2 is 1.65 bits per heavy atom. The SMILES string of the molecule is COc1ccc(C(CC(C)=O)N2Cc3cccc(N(S(C)(=O)=O)S(C)(=O)=O)c3C2=O)cc1OC. The van der Waals surface area contributed by atoms with Crippen LogP contribution in [-0.2, 0) is 31.4 Å². The Hall–Kier alpha value is -3.12. The van der Waals surface area contributed by atoms with Crippen molar-refractivity contribution < 1.29 is 35.9 Å². The molecule has 0 aliphatic carbocycles. The average Bonchev–Trinajstić information content (AvgIpc) is 3.06. The molecule has 12 heteroatoms. The van der Waals surface area contributed by atoms with E-state index in [4.69, 9.17) is 9.47 Å². The van der Waals surface area contributed by atoms with Crippen LogP contribution in [0.4, 0.5) is 5.69 Å². The van der Waals surface area contributed by atoms with E-state index in [1.165, 1.54) is 38.2 Å². The summed E-state index contributed by atoms with van der Waals surface area (Å²) in [5.41, 5.74) is 0.781. The van der Waals surface area contributed by atoms with Gasteiger partial charge in [0, 0.05) is 13.0 Å². The zero-order chi connectivity index (χ0) is 25.4. The van der Waals surface area contributed by atoms with E-state index in [1.807, 2.05) is 0 Å². The lowest BCUT2D eigenvalue weighted by Crippen LogP contribution is -2.37. The van der Waals surface area contributed by atoms with E-state index in [2.05, 4.69) is 0 Å². The predicted octanol–water partition coefficient (Wildman–Crippen LogP) is 2.11. The van der Waals surface area contributed by atoms with E-state index in [9.17, 15) is 26.4 Å². The van der Waals surface area contributed by atoms with Crippen LogP contribution in [0.5, 0.6) is 11.5 Å². The Bertz CT molecular complexity index is 1320. The Morgan fingerprint density at radius 3 is 2.18 bits per heavy atom. The molecule has 2 aromatic rings. The minimum atomic E-state index is -4.26. The van der Waals surface area contributed by atoms with Gasteiger partial charge in [0.25, 0.3) is 5.91 Å². The van der Waals surface area contributed by atoms with Crippen molar-refractivity contribution in [2.75, 3.05) is 30.4 Å². The van der Waals surface area contributed by atoms with Gasteiger partial charge in [-0.05, 0) is 36.2 Å². The molecule has 2 aromatic carbocycles. The highest BCUT2D eigenvalue weighted by atomic mass is 32.3. The number of ether oxygens (including phenoxy) is 2. The molecule has 10 nitrogen and oxygen atoms in total. The van der Waals surface area contributed by atoms with E-state index < -0.39 is 32.0 Å². The van der Waals surface area contributed by atoms with Crippen LogP contribution in [0.3, 0.4) is 0 Å². The van der Waals surface area contributed by atoms with E-state index in [1.54, 1.807) is 24.3 Å². The fraction of sp³-hybridized carbons (Fsp3) is 0.364.